The van der Waals surface area contributed by atoms with E-state index in [0.717, 1.165) is 0 Å². The van der Waals surface area contributed by atoms with Crippen LogP contribution in [0, 0.1) is 0 Å². The number of hydrogen-bond donors (Lipinski definition) is 0. The molecule has 0 aromatic heterocycles. The van der Waals surface area contributed by atoms with Gasteiger partial charge in [-0.1, -0.05) is 0 Å². The van der Waals surface area contributed by atoms with Gasteiger partial charge in [0.25, 0.3) is 0 Å². The molecular weight excluding hydrogens is 286 g/mol. The van der Waals surface area contributed by atoms with Gasteiger partial charge in [0, 0.05) is 0 Å². The predicted octanol–water partition coefficient (Wildman–Crippen LogP) is -11.2. The maximum Gasteiger partial charge on any atom is 1.00 e. The average molecular weight is 288 g/mol. The fourth-order valence-electron chi connectivity index (χ4n) is 0.157. The SMILES string of the molecule is O=C([O-])C=S(=O)=O.O=C([O-])C=S(=O)=O.[Na+].[Na+]. The third-order valence-electron chi connectivity index (χ3n) is 0.385. The number of carbonyl (C=O) groups is 2. The van der Waals surface area contributed by atoms with Crippen LogP contribution in [0.15, 0.2) is 0 Å². The average Bonchev–Trinajstić information content (AvgIpc) is 1.79. The van der Waals surface area contributed by atoms with Crippen molar-refractivity contribution < 1.29 is 95.8 Å². The van der Waals surface area contributed by atoms with E-state index in [0.29, 0.717) is 0 Å². The minimum Gasteiger partial charge on any atom is -0.544 e. The molecule has 0 unspecified atom stereocenters. The smallest absolute Gasteiger partial charge is 0.544 e. The van der Waals surface area contributed by atoms with E-state index < -0.39 is 32.5 Å². The zero-order valence-corrected chi connectivity index (χ0v) is 13.9. The van der Waals surface area contributed by atoms with Crippen LogP contribution in [0.1, 0.15) is 0 Å². The molecule has 0 aromatic carbocycles. The van der Waals surface area contributed by atoms with Crippen LogP contribution in [0.3, 0.4) is 0 Å². The van der Waals surface area contributed by atoms with Crippen molar-refractivity contribution >= 4 is 43.3 Å². The first kappa shape index (κ1) is 25.2. The predicted molar refractivity (Wildman–Crippen MR) is 40.0 cm³/mol. The first-order chi connectivity index (χ1) is 6.25. The van der Waals surface area contributed by atoms with E-state index in [-0.39, 0.29) is 69.8 Å². The Balaban J connectivity index is -0.0000000800. The molecule has 16 heavy (non-hydrogen) atoms. The summed E-state index contributed by atoms with van der Waals surface area (Å²) < 4.78 is 37.3. The van der Waals surface area contributed by atoms with E-state index in [9.17, 15) is 36.6 Å². The fourth-order valence-corrected chi connectivity index (χ4v) is 0.471. The Bertz CT molecular complexity index is 410. The second kappa shape index (κ2) is 15.3. The van der Waals surface area contributed by atoms with E-state index in [2.05, 4.69) is 0 Å². The zero-order valence-electron chi connectivity index (χ0n) is 8.24. The normalized spacial score (nSPS) is 6.50. The number of carboxylic acids is 2. The molecule has 8 nitrogen and oxygen atoms in total. The number of aliphatic carboxylic acids is 2. The van der Waals surface area contributed by atoms with Crippen molar-refractivity contribution in [2.24, 2.45) is 0 Å². The molecule has 80 valence electrons. The van der Waals surface area contributed by atoms with Gasteiger partial charge in [-0.25, -0.2) is 0 Å². The Morgan fingerprint density at radius 1 is 0.750 bits per heavy atom. The molecule has 0 fully saturated rings. The van der Waals surface area contributed by atoms with Gasteiger partial charge >= 0.3 is 59.1 Å². The van der Waals surface area contributed by atoms with Crippen LogP contribution in [0.4, 0.5) is 0 Å². The van der Waals surface area contributed by atoms with Crippen LogP contribution >= 0.6 is 0 Å². The van der Waals surface area contributed by atoms with Gasteiger partial charge in [-0.15, -0.1) is 0 Å². The molecule has 0 radical (unpaired) electrons. The number of rotatable bonds is 2. The van der Waals surface area contributed by atoms with Crippen LogP contribution in [-0.2, 0) is 30.2 Å². The van der Waals surface area contributed by atoms with Gasteiger partial charge in [-0.05, 0) is 0 Å². The van der Waals surface area contributed by atoms with Crippen molar-refractivity contribution in [1.29, 1.82) is 0 Å². The maximum atomic E-state index is 9.33. The van der Waals surface area contributed by atoms with Crippen LogP contribution in [0.2, 0.25) is 0 Å². The molecular formula is C4H2Na2O8S2. The van der Waals surface area contributed by atoms with Crippen molar-refractivity contribution in [3.8, 4) is 0 Å². The van der Waals surface area contributed by atoms with Gasteiger partial charge in [-0.2, -0.15) is 16.8 Å². The fraction of sp³-hybridized carbons (Fsp3) is 0. The summed E-state index contributed by atoms with van der Waals surface area (Å²) in [5.41, 5.74) is 0. The molecule has 0 aliphatic carbocycles. The quantitative estimate of drug-likeness (QED) is 0.359. The summed E-state index contributed by atoms with van der Waals surface area (Å²) in [7, 11) is -5.27. The molecule has 0 N–H and O–H groups in total. The third kappa shape index (κ3) is 36.7. The first-order valence-corrected chi connectivity index (χ1v) is 4.81. The summed E-state index contributed by atoms with van der Waals surface area (Å²) in [6, 6.07) is 0. The van der Waals surface area contributed by atoms with E-state index in [4.69, 9.17) is 0 Å². The second-order valence-electron chi connectivity index (χ2n) is 1.39. The Hall–Kier alpha value is 0.320. The van der Waals surface area contributed by atoms with E-state index >= 15 is 0 Å². The van der Waals surface area contributed by atoms with E-state index in [1.54, 1.807) is 0 Å². The summed E-state index contributed by atoms with van der Waals surface area (Å²) in [5, 5.41) is 18.6. The Kier molecular flexibility index (Phi) is 24.2. The molecule has 0 atom stereocenters. The Morgan fingerprint density at radius 2 is 0.938 bits per heavy atom. The summed E-state index contributed by atoms with van der Waals surface area (Å²) in [6.07, 6.45) is 0. The molecule has 0 saturated carbocycles. The molecule has 12 heteroatoms. The van der Waals surface area contributed by atoms with Crippen molar-refractivity contribution in [2.45, 2.75) is 0 Å². The van der Waals surface area contributed by atoms with Crippen LogP contribution in [0.25, 0.3) is 0 Å². The van der Waals surface area contributed by atoms with Gasteiger partial charge in [0.1, 0.15) is 0 Å². The topological polar surface area (TPSA) is 149 Å². The molecule has 0 spiro atoms. The minimum absolute atomic E-state index is 0. The van der Waals surface area contributed by atoms with Gasteiger partial charge in [0.15, 0.2) is 0 Å². The molecule has 0 rings (SSSR count). The zero-order chi connectivity index (χ0) is 11.7. The molecule has 0 saturated heterocycles. The molecule has 0 aliphatic heterocycles. The summed E-state index contributed by atoms with van der Waals surface area (Å²) >= 11 is 0. The van der Waals surface area contributed by atoms with Crippen LogP contribution in [0.5, 0.6) is 0 Å². The number of carboxylic acid groups (broad SMARTS) is 2. The van der Waals surface area contributed by atoms with Crippen molar-refractivity contribution in [1.82, 2.24) is 0 Å². The molecule has 0 amide bonds. The first-order valence-electron chi connectivity index (χ1n) is 2.53. The van der Waals surface area contributed by atoms with Crippen molar-refractivity contribution in [3.05, 3.63) is 0 Å². The number of hydrogen-bond acceptors (Lipinski definition) is 8. The van der Waals surface area contributed by atoms with Gasteiger partial charge in [0.2, 0.25) is 20.6 Å². The van der Waals surface area contributed by atoms with E-state index in [1.807, 2.05) is 0 Å². The van der Waals surface area contributed by atoms with Gasteiger partial charge < -0.3 is 19.8 Å². The summed E-state index contributed by atoms with van der Waals surface area (Å²) in [5.74, 6) is -3.40. The Labute approximate surface area is 137 Å². The largest absolute Gasteiger partial charge is 1.00 e. The van der Waals surface area contributed by atoms with Crippen LogP contribution in [-0.4, -0.2) is 39.5 Å². The van der Waals surface area contributed by atoms with Crippen LogP contribution < -0.4 is 69.3 Å². The standard InChI is InChI=1S/2C2H2O4S.2Na/c2*3-2(4)1-7(5)6;;/h2*1H,(H,3,4);;/q;;2*+1/p-2. The summed E-state index contributed by atoms with van der Waals surface area (Å²) in [4.78, 5) is 18.5. The van der Waals surface area contributed by atoms with Crippen molar-refractivity contribution in [2.75, 3.05) is 0 Å². The third-order valence-corrected chi connectivity index (χ3v) is 1.15. The number of carbonyl (C=O) groups excluding carboxylic acids is 2. The van der Waals surface area contributed by atoms with E-state index in [1.165, 1.54) is 0 Å². The molecule has 0 aromatic rings. The molecule has 0 heterocycles. The summed E-state index contributed by atoms with van der Waals surface area (Å²) in [6.45, 7) is 0. The van der Waals surface area contributed by atoms with Crippen molar-refractivity contribution in [3.63, 3.8) is 0 Å². The molecule has 0 aliphatic rings. The minimum atomic E-state index is -2.63. The Morgan fingerprint density at radius 3 is 0.938 bits per heavy atom. The van der Waals surface area contributed by atoms with Gasteiger partial charge in [-0.3, -0.25) is 0 Å². The second-order valence-corrected chi connectivity index (χ2v) is 2.91. The maximum absolute atomic E-state index is 9.33. The van der Waals surface area contributed by atoms with Gasteiger partial charge in [0.05, 0.1) is 22.7 Å². The molecule has 0 bridgehead atoms. The monoisotopic (exact) mass is 288 g/mol.